The normalized spacial score (nSPS) is 24.2. The van der Waals surface area contributed by atoms with Gasteiger partial charge in [-0.15, -0.1) is 0 Å². The zero-order valence-electron chi connectivity index (χ0n) is 23.0. The Hall–Kier alpha value is -2.35. The van der Waals surface area contributed by atoms with Gasteiger partial charge in [-0.2, -0.15) is 0 Å². The van der Waals surface area contributed by atoms with Gasteiger partial charge >= 0.3 is 5.97 Å². The Morgan fingerprint density at radius 1 is 1.21 bits per heavy atom. The van der Waals surface area contributed by atoms with E-state index >= 15 is 0 Å². The lowest BCUT2D eigenvalue weighted by molar-refractivity contribution is -0.143. The number of hydrogen-bond donors (Lipinski definition) is 1. The highest BCUT2D eigenvalue weighted by atomic mass is 16.5. The molecule has 38 heavy (non-hydrogen) atoms. The molecule has 2 aromatic heterocycles. The number of ether oxygens (including phenoxy) is 2. The highest BCUT2D eigenvalue weighted by molar-refractivity contribution is 5.76. The SMILES string of the molecule is CC1(C)CC(c2ncccc2C(C(=O)O)N2CC[C@@H](OCCCCc3ccc4c(n3)CCCC4)C2)CCO1. The summed E-state index contributed by atoms with van der Waals surface area (Å²) < 4.78 is 12.1. The van der Waals surface area contributed by atoms with Crippen LogP contribution in [0.25, 0.3) is 0 Å². The van der Waals surface area contributed by atoms with Crippen LogP contribution in [0.3, 0.4) is 0 Å². The van der Waals surface area contributed by atoms with Crippen molar-refractivity contribution in [2.75, 3.05) is 26.3 Å². The predicted molar refractivity (Wildman–Crippen MR) is 146 cm³/mol. The number of carboxylic acids is 1. The second-order valence-corrected chi connectivity index (χ2v) is 11.9. The van der Waals surface area contributed by atoms with E-state index in [2.05, 4.69) is 30.9 Å². The molecule has 2 aromatic rings. The molecule has 2 fully saturated rings. The van der Waals surface area contributed by atoms with E-state index in [1.807, 2.05) is 12.1 Å². The van der Waals surface area contributed by atoms with E-state index in [4.69, 9.17) is 19.4 Å². The molecule has 3 atom stereocenters. The number of nitrogens with zero attached hydrogens (tertiary/aromatic N) is 3. The Bertz CT molecular complexity index is 1100. The van der Waals surface area contributed by atoms with Crippen molar-refractivity contribution in [3.8, 4) is 0 Å². The van der Waals surface area contributed by atoms with Crippen LogP contribution in [-0.4, -0.2) is 64.0 Å². The summed E-state index contributed by atoms with van der Waals surface area (Å²) in [6, 6.07) is 7.58. The summed E-state index contributed by atoms with van der Waals surface area (Å²) in [5.74, 6) is -0.611. The first-order valence-electron chi connectivity index (χ1n) is 14.5. The van der Waals surface area contributed by atoms with Crippen molar-refractivity contribution >= 4 is 5.97 Å². The number of carboxylic acid groups (broad SMARTS) is 1. The minimum Gasteiger partial charge on any atom is -0.480 e. The lowest BCUT2D eigenvalue weighted by Crippen LogP contribution is -2.36. The largest absolute Gasteiger partial charge is 0.480 e. The lowest BCUT2D eigenvalue weighted by Gasteiger charge is -2.36. The van der Waals surface area contributed by atoms with Gasteiger partial charge in [-0.05, 0) is 95.8 Å². The molecule has 0 spiro atoms. The summed E-state index contributed by atoms with van der Waals surface area (Å²) in [4.78, 5) is 24.2. The maximum Gasteiger partial charge on any atom is 0.325 e. The van der Waals surface area contributed by atoms with Gasteiger partial charge in [0.1, 0.15) is 6.04 Å². The maximum absolute atomic E-state index is 12.5. The van der Waals surface area contributed by atoms with Gasteiger partial charge in [-0.25, -0.2) is 0 Å². The molecule has 0 bridgehead atoms. The van der Waals surface area contributed by atoms with Crippen molar-refractivity contribution in [3.05, 3.63) is 58.7 Å². The topological polar surface area (TPSA) is 84.8 Å². The van der Waals surface area contributed by atoms with Gasteiger partial charge < -0.3 is 14.6 Å². The maximum atomic E-state index is 12.5. The van der Waals surface area contributed by atoms with Crippen molar-refractivity contribution < 1.29 is 19.4 Å². The molecule has 2 unspecified atom stereocenters. The third kappa shape index (κ3) is 6.61. The van der Waals surface area contributed by atoms with Crippen LogP contribution in [0.2, 0.25) is 0 Å². The van der Waals surface area contributed by atoms with E-state index in [1.165, 1.54) is 36.2 Å². The van der Waals surface area contributed by atoms with Crippen LogP contribution in [0, 0.1) is 0 Å². The highest BCUT2D eigenvalue weighted by Crippen LogP contribution is 2.39. The van der Waals surface area contributed by atoms with Gasteiger partial charge in [0.2, 0.25) is 0 Å². The summed E-state index contributed by atoms with van der Waals surface area (Å²) in [5.41, 5.74) is 5.45. The monoisotopic (exact) mass is 521 g/mol. The Labute approximate surface area is 227 Å². The molecule has 7 heteroatoms. The Kier molecular flexibility index (Phi) is 8.76. The van der Waals surface area contributed by atoms with E-state index in [-0.39, 0.29) is 17.6 Å². The molecule has 0 radical (unpaired) electrons. The van der Waals surface area contributed by atoms with E-state index in [0.29, 0.717) is 26.3 Å². The number of carbonyl (C=O) groups is 1. The molecule has 4 heterocycles. The molecular weight excluding hydrogens is 478 g/mol. The molecule has 1 N–H and O–H groups in total. The van der Waals surface area contributed by atoms with Crippen LogP contribution < -0.4 is 0 Å². The Balaban J connectivity index is 1.13. The molecule has 2 aliphatic heterocycles. The number of aryl methyl sites for hydroxylation is 3. The van der Waals surface area contributed by atoms with E-state index < -0.39 is 12.0 Å². The van der Waals surface area contributed by atoms with Gasteiger partial charge in [0.25, 0.3) is 0 Å². The number of aromatic nitrogens is 2. The van der Waals surface area contributed by atoms with Crippen LogP contribution in [0.15, 0.2) is 30.5 Å². The van der Waals surface area contributed by atoms with E-state index in [0.717, 1.165) is 56.2 Å². The fraction of sp³-hybridized carbons (Fsp3) is 0.645. The Morgan fingerprint density at radius 2 is 2.08 bits per heavy atom. The molecule has 3 aliphatic rings. The minimum atomic E-state index is -0.816. The van der Waals surface area contributed by atoms with Crippen LogP contribution in [0.4, 0.5) is 0 Å². The van der Waals surface area contributed by atoms with Crippen molar-refractivity contribution in [3.63, 3.8) is 0 Å². The third-order valence-corrected chi connectivity index (χ3v) is 8.44. The number of rotatable bonds is 10. The van der Waals surface area contributed by atoms with Gasteiger partial charge in [0.05, 0.1) is 11.7 Å². The Morgan fingerprint density at radius 3 is 2.92 bits per heavy atom. The van der Waals surface area contributed by atoms with Crippen LogP contribution >= 0.6 is 0 Å². The number of unbranched alkanes of at least 4 members (excludes halogenated alkanes) is 1. The second-order valence-electron chi connectivity index (χ2n) is 11.9. The summed E-state index contributed by atoms with van der Waals surface area (Å²) in [7, 11) is 0. The van der Waals surface area contributed by atoms with Gasteiger partial charge in [-0.1, -0.05) is 12.1 Å². The second kappa shape index (κ2) is 12.2. The third-order valence-electron chi connectivity index (χ3n) is 8.44. The zero-order chi connectivity index (χ0) is 26.5. The zero-order valence-corrected chi connectivity index (χ0v) is 23.0. The van der Waals surface area contributed by atoms with Crippen LogP contribution in [-0.2, 0) is 33.5 Å². The van der Waals surface area contributed by atoms with Crippen LogP contribution in [0.5, 0.6) is 0 Å². The van der Waals surface area contributed by atoms with Crippen LogP contribution in [0.1, 0.15) is 99.0 Å². The summed E-state index contributed by atoms with van der Waals surface area (Å²) in [6.45, 7) is 6.93. The molecular formula is C31H43N3O4. The van der Waals surface area contributed by atoms with Crippen molar-refractivity contribution in [2.24, 2.45) is 0 Å². The first-order chi connectivity index (χ1) is 18.4. The smallest absolute Gasteiger partial charge is 0.325 e. The number of likely N-dealkylation sites (tertiary alicyclic amines) is 1. The summed E-state index contributed by atoms with van der Waals surface area (Å²) >= 11 is 0. The standard InChI is InChI=1S/C31H43N3O4/c1-31(2)20-23(15-19-38-31)28-26(10-7-16-32-28)29(30(35)36)34-17-14-25(21-34)37-18-6-5-9-24-13-12-22-8-3-4-11-27(22)33-24/h7,10,12-13,16,23,25,29H,3-6,8-9,11,14-15,17-21H2,1-2H3,(H,35,36)/t23?,25-,29?/m1/s1. The first-order valence-corrected chi connectivity index (χ1v) is 14.5. The summed E-state index contributed by atoms with van der Waals surface area (Å²) in [5, 5.41) is 10.3. The molecule has 7 nitrogen and oxygen atoms in total. The van der Waals surface area contributed by atoms with Gasteiger partial charge in [0, 0.05) is 61.1 Å². The van der Waals surface area contributed by atoms with E-state index in [1.54, 1.807) is 6.20 Å². The van der Waals surface area contributed by atoms with Crippen molar-refractivity contribution in [2.45, 2.75) is 102 Å². The highest BCUT2D eigenvalue weighted by Gasteiger charge is 2.38. The number of hydrogen-bond acceptors (Lipinski definition) is 6. The average molecular weight is 522 g/mol. The lowest BCUT2D eigenvalue weighted by atomic mass is 9.83. The number of pyridine rings is 2. The molecule has 0 saturated carbocycles. The molecule has 0 amide bonds. The number of aliphatic carboxylic acids is 1. The van der Waals surface area contributed by atoms with E-state index in [9.17, 15) is 9.90 Å². The predicted octanol–water partition coefficient (Wildman–Crippen LogP) is 5.27. The van der Waals surface area contributed by atoms with Crippen molar-refractivity contribution in [1.82, 2.24) is 14.9 Å². The fourth-order valence-electron chi connectivity index (χ4n) is 6.50. The van der Waals surface area contributed by atoms with Crippen molar-refractivity contribution in [1.29, 1.82) is 0 Å². The average Bonchev–Trinajstić information content (AvgIpc) is 3.36. The fourth-order valence-corrected chi connectivity index (χ4v) is 6.50. The minimum absolute atomic E-state index is 0.0702. The molecule has 206 valence electrons. The first kappa shape index (κ1) is 27.2. The van der Waals surface area contributed by atoms with Gasteiger partial charge in [0.15, 0.2) is 0 Å². The van der Waals surface area contributed by atoms with Gasteiger partial charge in [-0.3, -0.25) is 19.7 Å². The quantitative estimate of drug-likeness (QED) is 0.427. The summed E-state index contributed by atoms with van der Waals surface area (Å²) in [6.07, 6.45) is 12.3. The molecule has 5 rings (SSSR count). The molecule has 1 aliphatic carbocycles. The number of fused-ring (bicyclic) bond motifs is 1. The molecule has 2 saturated heterocycles. The molecule has 0 aromatic carbocycles.